The summed E-state index contributed by atoms with van der Waals surface area (Å²) >= 11 is 0. The number of aliphatic hydroxyl groups excluding tert-OH is 1. The van der Waals surface area contributed by atoms with Crippen molar-refractivity contribution < 1.29 is 9.90 Å². The molecule has 3 N–H and O–H groups in total. The number of nitrogens with two attached hydrogens (primary N) is 1. The number of aliphatic hydroxyl groups is 1. The van der Waals surface area contributed by atoms with E-state index in [1.807, 2.05) is 50.3 Å². The fraction of sp³-hybridized carbons (Fsp3) is 0.320. The van der Waals surface area contributed by atoms with Crippen molar-refractivity contribution in [1.29, 1.82) is 5.26 Å². The van der Waals surface area contributed by atoms with E-state index in [0.29, 0.717) is 36.5 Å². The van der Waals surface area contributed by atoms with E-state index in [2.05, 4.69) is 16.0 Å². The van der Waals surface area contributed by atoms with Crippen LogP contribution in [0.1, 0.15) is 35.8 Å². The monoisotopic (exact) mass is 431 g/mol. The summed E-state index contributed by atoms with van der Waals surface area (Å²) in [4.78, 5) is 21.0. The Morgan fingerprint density at radius 3 is 2.72 bits per heavy atom. The van der Waals surface area contributed by atoms with Gasteiger partial charge in [-0.2, -0.15) is 5.26 Å². The molecule has 1 aliphatic rings. The van der Waals surface area contributed by atoms with Crippen LogP contribution in [0.2, 0.25) is 0 Å². The Hall–Kier alpha value is -3.47. The van der Waals surface area contributed by atoms with Gasteiger partial charge in [-0.25, -0.2) is 0 Å². The number of carbonyl (C=O) groups is 1. The standard InChI is InChI=1S/C25H29N5O2/c1-3-19(13-26)11-18(2)24(20-7-5-4-6-8-20)30-10-9-29(16-23(30)17-31)25(32)21-12-22(27)15-28-14-21/h3-8,11-12,14-15,23-24,31H,9-10,16-17,27H2,1-2H3/b18-11+,19-3+/t23-,24-/m0/s1. The largest absolute Gasteiger partial charge is 0.397 e. The summed E-state index contributed by atoms with van der Waals surface area (Å²) in [7, 11) is 0. The van der Waals surface area contributed by atoms with Crippen LogP contribution in [-0.4, -0.2) is 58.1 Å². The van der Waals surface area contributed by atoms with Gasteiger partial charge in [0.25, 0.3) is 5.91 Å². The summed E-state index contributed by atoms with van der Waals surface area (Å²) in [5, 5.41) is 19.6. The number of carbonyl (C=O) groups excluding carboxylic acids is 1. The van der Waals surface area contributed by atoms with E-state index < -0.39 is 0 Å². The molecule has 7 nitrogen and oxygen atoms in total. The fourth-order valence-corrected chi connectivity index (χ4v) is 4.17. The van der Waals surface area contributed by atoms with Crippen molar-refractivity contribution in [2.45, 2.75) is 25.9 Å². The number of hydrogen-bond donors (Lipinski definition) is 2. The number of anilines is 1. The lowest BCUT2D eigenvalue weighted by atomic mass is 9.93. The van der Waals surface area contributed by atoms with Gasteiger partial charge in [0.1, 0.15) is 0 Å². The molecule has 1 aliphatic heterocycles. The zero-order valence-electron chi connectivity index (χ0n) is 18.5. The number of allylic oxidation sites excluding steroid dienone is 3. The van der Waals surface area contributed by atoms with Gasteiger partial charge in [-0.15, -0.1) is 0 Å². The van der Waals surface area contributed by atoms with Crippen LogP contribution in [0.25, 0.3) is 0 Å². The van der Waals surface area contributed by atoms with E-state index >= 15 is 0 Å². The number of nitrogen functional groups attached to an aromatic ring is 1. The van der Waals surface area contributed by atoms with Crippen molar-refractivity contribution >= 4 is 11.6 Å². The molecule has 1 amide bonds. The van der Waals surface area contributed by atoms with E-state index in [-0.39, 0.29) is 24.6 Å². The first-order valence-electron chi connectivity index (χ1n) is 10.6. The fourth-order valence-electron chi connectivity index (χ4n) is 4.17. The Kier molecular flexibility index (Phi) is 7.77. The molecule has 1 aromatic heterocycles. The summed E-state index contributed by atoms with van der Waals surface area (Å²) < 4.78 is 0. The van der Waals surface area contributed by atoms with Gasteiger partial charge in [0.15, 0.2) is 0 Å². The van der Waals surface area contributed by atoms with Crippen LogP contribution < -0.4 is 5.73 Å². The van der Waals surface area contributed by atoms with Crippen LogP contribution in [0.4, 0.5) is 5.69 Å². The summed E-state index contributed by atoms with van der Waals surface area (Å²) in [6, 6.07) is 13.5. The summed E-state index contributed by atoms with van der Waals surface area (Å²) in [5.41, 5.74) is 9.34. The molecule has 0 bridgehead atoms. The number of nitrogens with zero attached hydrogens (tertiary/aromatic N) is 4. The quantitative estimate of drug-likeness (QED) is 0.538. The summed E-state index contributed by atoms with van der Waals surface area (Å²) in [5.74, 6) is -0.146. The van der Waals surface area contributed by atoms with Gasteiger partial charge < -0.3 is 15.7 Å². The summed E-state index contributed by atoms with van der Waals surface area (Å²) in [6.45, 7) is 5.22. The molecule has 166 valence electrons. The summed E-state index contributed by atoms with van der Waals surface area (Å²) in [6.07, 6.45) is 6.69. The van der Waals surface area contributed by atoms with E-state index in [1.54, 1.807) is 17.0 Å². The van der Waals surface area contributed by atoms with E-state index in [1.165, 1.54) is 12.4 Å². The average Bonchev–Trinajstić information content (AvgIpc) is 2.83. The number of hydrogen-bond acceptors (Lipinski definition) is 6. The smallest absolute Gasteiger partial charge is 0.255 e. The zero-order valence-corrected chi connectivity index (χ0v) is 18.5. The molecule has 0 saturated carbocycles. The Morgan fingerprint density at radius 2 is 2.09 bits per heavy atom. The van der Waals surface area contributed by atoms with Crippen LogP contribution in [0.5, 0.6) is 0 Å². The third-order valence-electron chi connectivity index (χ3n) is 5.73. The van der Waals surface area contributed by atoms with Gasteiger partial charge >= 0.3 is 0 Å². The van der Waals surface area contributed by atoms with Crippen LogP contribution in [0.15, 0.2) is 72.1 Å². The molecule has 32 heavy (non-hydrogen) atoms. The molecular weight excluding hydrogens is 402 g/mol. The third-order valence-corrected chi connectivity index (χ3v) is 5.73. The molecule has 0 aliphatic carbocycles. The van der Waals surface area contributed by atoms with Crippen LogP contribution in [0.3, 0.4) is 0 Å². The molecule has 1 saturated heterocycles. The maximum Gasteiger partial charge on any atom is 0.255 e. The molecule has 1 aromatic carbocycles. The molecule has 2 aromatic rings. The second-order valence-corrected chi connectivity index (χ2v) is 7.89. The van der Waals surface area contributed by atoms with Gasteiger partial charge in [-0.1, -0.05) is 42.0 Å². The van der Waals surface area contributed by atoms with Gasteiger partial charge in [0.2, 0.25) is 0 Å². The molecule has 2 atom stereocenters. The Bertz CT molecular complexity index is 1040. The second kappa shape index (κ2) is 10.7. The Morgan fingerprint density at radius 1 is 1.34 bits per heavy atom. The van der Waals surface area contributed by atoms with Crippen molar-refractivity contribution in [2.75, 3.05) is 32.0 Å². The van der Waals surface area contributed by atoms with Crippen molar-refractivity contribution in [2.24, 2.45) is 0 Å². The van der Waals surface area contributed by atoms with Gasteiger partial charge in [0.05, 0.1) is 36.0 Å². The first-order valence-corrected chi connectivity index (χ1v) is 10.6. The lowest BCUT2D eigenvalue weighted by molar-refractivity contribution is 0.0189. The minimum absolute atomic E-state index is 0.0930. The maximum atomic E-state index is 13.0. The van der Waals surface area contributed by atoms with Crippen LogP contribution in [0, 0.1) is 11.3 Å². The van der Waals surface area contributed by atoms with Crippen molar-refractivity contribution in [3.63, 3.8) is 0 Å². The highest BCUT2D eigenvalue weighted by Gasteiger charge is 2.35. The molecule has 3 rings (SSSR count). The number of benzene rings is 1. The first-order chi connectivity index (χ1) is 15.5. The van der Waals surface area contributed by atoms with Crippen LogP contribution in [-0.2, 0) is 0 Å². The molecular formula is C25H29N5O2. The van der Waals surface area contributed by atoms with Crippen molar-refractivity contribution in [1.82, 2.24) is 14.8 Å². The first kappa shape index (κ1) is 23.2. The number of amides is 1. The topological polar surface area (TPSA) is 106 Å². The van der Waals surface area contributed by atoms with E-state index in [9.17, 15) is 15.2 Å². The molecule has 0 radical (unpaired) electrons. The SMILES string of the molecule is C/C=C(C#N)\C=C(/C)[C@@H](c1ccccc1)N1CCN(C(=O)c2cncc(N)c2)C[C@H]1CO. The number of piperazine rings is 1. The van der Waals surface area contributed by atoms with Gasteiger partial charge in [-0.3, -0.25) is 14.7 Å². The normalized spacial score (nSPS) is 18.8. The van der Waals surface area contributed by atoms with Crippen molar-refractivity contribution in [3.05, 3.63) is 83.2 Å². The zero-order chi connectivity index (χ0) is 23.1. The average molecular weight is 432 g/mol. The maximum absolute atomic E-state index is 13.0. The van der Waals surface area contributed by atoms with E-state index in [4.69, 9.17) is 5.73 Å². The molecule has 0 unspecified atom stereocenters. The van der Waals surface area contributed by atoms with Crippen molar-refractivity contribution in [3.8, 4) is 6.07 Å². The minimum atomic E-state index is -0.258. The Balaban J connectivity index is 1.90. The molecule has 0 spiro atoms. The van der Waals surface area contributed by atoms with Gasteiger partial charge in [-0.05, 0) is 31.6 Å². The second-order valence-electron chi connectivity index (χ2n) is 7.89. The highest BCUT2D eigenvalue weighted by atomic mass is 16.3. The number of pyridine rings is 1. The minimum Gasteiger partial charge on any atom is -0.397 e. The lowest BCUT2D eigenvalue weighted by Crippen LogP contribution is -2.57. The van der Waals surface area contributed by atoms with E-state index in [0.717, 1.165) is 11.1 Å². The predicted molar refractivity (Wildman–Crippen MR) is 124 cm³/mol. The third kappa shape index (κ3) is 5.22. The number of nitriles is 1. The predicted octanol–water partition coefficient (Wildman–Crippen LogP) is 2.94. The molecule has 7 heteroatoms. The van der Waals surface area contributed by atoms with Gasteiger partial charge in [0, 0.05) is 37.6 Å². The highest BCUT2D eigenvalue weighted by molar-refractivity contribution is 5.94. The molecule has 2 heterocycles. The number of aromatic nitrogens is 1. The molecule has 1 fully saturated rings. The van der Waals surface area contributed by atoms with Crippen LogP contribution >= 0.6 is 0 Å². The lowest BCUT2D eigenvalue weighted by Gasteiger charge is -2.45. The highest BCUT2D eigenvalue weighted by Crippen LogP contribution is 2.32. The number of rotatable bonds is 6. The Labute approximate surface area is 189 Å².